The van der Waals surface area contributed by atoms with Crippen molar-refractivity contribution in [1.82, 2.24) is 25.5 Å². The van der Waals surface area contributed by atoms with Gasteiger partial charge in [0, 0.05) is 37.9 Å². The molecule has 0 saturated carbocycles. The van der Waals surface area contributed by atoms with Crippen LogP contribution in [0.3, 0.4) is 0 Å². The van der Waals surface area contributed by atoms with Crippen molar-refractivity contribution < 1.29 is 24.3 Å². The number of aliphatic carboxylic acids is 1. The Kier molecular flexibility index (Phi) is 12.6. The van der Waals surface area contributed by atoms with E-state index in [1.807, 2.05) is 0 Å². The fourth-order valence-corrected chi connectivity index (χ4v) is 4.28. The number of carbonyl (C=O) groups excluding carboxylic acids is 3. The molecule has 1 saturated heterocycles. The van der Waals surface area contributed by atoms with Gasteiger partial charge < -0.3 is 54.3 Å². The number of amides is 3. The largest absolute Gasteiger partial charge is 0.480 e. The van der Waals surface area contributed by atoms with E-state index in [0.717, 1.165) is 0 Å². The van der Waals surface area contributed by atoms with Gasteiger partial charge in [-0.3, -0.25) is 24.4 Å². The number of rotatable bonds is 16. The smallest absolute Gasteiger partial charge is 0.326 e. The van der Waals surface area contributed by atoms with Crippen LogP contribution >= 0.6 is 0 Å². The summed E-state index contributed by atoms with van der Waals surface area (Å²) in [5.74, 6) is -3.02. The summed E-state index contributed by atoms with van der Waals surface area (Å²) in [6.07, 6.45) is 5.07. The molecule has 0 bridgehead atoms. The molecule has 1 aliphatic rings. The number of nitrogens with two attached hydrogens (primary N) is 5. The molecule has 4 atom stereocenters. The average Bonchev–Trinajstić information content (AvgIpc) is 3.59. The Labute approximate surface area is 231 Å². The molecule has 2 heterocycles. The molecule has 0 spiro atoms. The molecule has 17 heteroatoms. The lowest BCUT2D eigenvalue weighted by Gasteiger charge is -2.30. The molecule has 0 aliphatic carbocycles. The minimum atomic E-state index is -1.22. The lowest BCUT2D eigenvalue weighted by Crippen LogP contribution is -2.57. The highest BCUT2D eigenvalue weighted by Gasteiger charge is 2.39. The van der Waals surface area contributed by atoms with Crippen LogP contribution in [0.5, 0.6) is 0 Å². The number of carbonyl (C=O) groups is 4. The first kappa shape index (κ1) is 31.8. The Bertz CT molecular complexity index is 1050. The first-order valence-electron chi connectivity index (χ1n) is 13.0. The number of likely N-dealkylation sites (tertiary alicyclic amines) is 1. The molecular formula is C23H40N12O5. The van der Waals surface area contributed by atoms with Crippen LogP contribution < -0.4 is 39.3 Å². The summed E-state index contributed by atoms with van der Waals surface area (Å²) in [5.41, 5.74) is 27.8. The fraction of sp³-hybridized carbons (Fsp3) is 0.609. The van der Waals surface area contributed by atoms with E-state index in [9.17, 15) is 24.3 Å². The standard InChI is InChI=1S/C23H40N12O5/c24-14(4-1-7-30-22(25)26)18(36)34-16(10-13-11-29-12-32-13)20(38)35-9-3-6-17(35)19(37)33-15(21(39)40)5-2-8-31-23(27)28/h11-12,14-17H,1-10,24H2,(H,29,32)(H,33,37)(H,34,36)(H,39,40)(H4,25,26,30)(H4,27,28,31). The van der Waals surface area contributed by atoms with Crippen LogP contribution in [0.2, 0.25) is 0 Å². The average molecular weight is 565 g/mol. The minimum absolute atomic E-state index is 0.0620. The van der Waals surface area contributed by atoms with Crippen LogP contribution in [0, 0.1) is 0 Å². The van der Waals surface area contributed by atoms with Gasteiger partial charge in [0.15, 0.2) is 11.9 Å². The molecule has 4 unspecified atom stereocenters. The highest BCUT2D eigenvalue weighted by molar-refractivity contribution is 5.94. The van der Waals surface area contributed by atoms with Crippen LogP contribution in [0.1, 0.15) is 44.2 Å². The lowest BCUT2D eigenvalue weighted by molar-refractivity contribution is -0.145. The van der Waals surface area contributed by atoms with Crippen LogP contribution in [0.15, 0.2) is 22.5 Å². The first-order chi connectivity index (χ1) is 19.0. The number of carboxylic acids is 1. The summed E-state index contributed by atoms with van der Waals surface area (Å²) in [7, 11) is 0. The zero-order valence-electron chi connectivity index (χ0n) is 22.3. The molecule has 40 heavy (non-hydrogen) atoms. The maximum absolute atomic E-state index is 13.6. The third-order valence-electron chi connectivity index (χ3n) is 6.30. The van der Waals surface area contributed by atoms with Gasteiger partial charge in [-0.25, -0.2) is 9.78 Å². The van der Waals surface area contributed by atoms with Crippen LogP contribution in [0.4, 0.5) is 0 Å². The topological polar surface area (TPSA) is 299 Å². The zero-order chi connectivity index (χ0) is 29.7. The lowest BCUT2D eigenvalue weighted by atomic mass is 10.1. The SMILES string of the molecule is NC(N)=NCCCC(N)C(=O)NC(Cc1cnc[nH]1)C(=O)N1CCCC1C(=O)NC(CCCN=C(N)N)C(=O)O. The number of aromatic nitrogens is 2. The quantitative estimate of drug-likeness (QED) is 0.0537. The van der Waals surface area contributed by atoms with E-state index >= 15 is 0 Å². The number of nitrogens with zero attached hydrogens (tertiary/aromatic N) is 4. The van der Waals surface area contributed by atoms with Crippen LogP contribution in [0.25, 0.3) is 0 Å². The molecule has 2 rings (SSSR count). The second kappa shape index (κ2) is 15.9. The third-order valence-corrected chi connectivity index (χ3v) is 6.30. The van der Waals surface area contributed by atoms with Crippen molar-refractivity contribution in [1.29, 1.82) is 0 Å². The fourth-order valence-electron chi connectivity index (χ4n) is 4.28. The molecule has 3 amide bonds. The Balaban J connectivity index is 2.08. The number of guanidine groups is 2. The summed E-state index contributed by atoms with van der Waals surface area (Å²) in [6, 6.07) is -4.04. The molecule has 222 valence electrons. The van der Waals surface area contributed by atoms with Crippen LogP contribution in [-0.2, 0) is 25.6 Å². The van der Waals surface area contributed by atoms with E-state index in [2.05, 4.69) is 30.6 Å². The molecule has 14 N–H and O–H groups in total. The third kappa shape index (κ3) is 10.4. The van der Waals surface area contributed by atoms with Crippen molar-refractivity contribution in [2.75, 3.05) is 19.6 Å². The Morgan fingerprint density at radius 3 is 2.27 bits per heavy atom. The molecule has 1 aromatic rings. The van der Waals surface area contributed by atoms with E-state index in [1.54, 1.807) is 0 Å². The molecule has 1 aromatic heterocycles. The number of aromatic amines is 1. The number of nitrogens with one attached hydrogen (secondary N) is 3. The highest BCUT2D eigenvalue weighted by atomic mass is 16.4. The maximum atomic E-state index is 13.6. The molecule has 0 aromatic carbocycles. The Hall–Kier alpha value is -4.41. The Morgan fingerprint density at radius 2 is 1.70 bits per heavy atom. The van der Waals surface area contributed by atoms with Gasteiger partial charge in [0.25, 0.3) is 0 Å². The molecule has 1 fully saturated rings. The summed E-state index contributed by atoms with van der Waals surface area (Å²) in [5, 5.41) is 14.8. The highest BCUT2D eigenvalue weighted by Crippen LogP contribution is 2.20. The molecule has 1 aliphatic heterocycles. The number of H-pyrrole nitrogens is 1. The number of hydrogen-bond donors (Lipinski definition) is 9. The van der Waals surface area contributed by atoms with E-state index in [4.69, 9.17) is 28.7 Å². The van der Waals surface area contributed by atoms with Gasteiger partial charge in [-0.15, -0.1) is 0 Å². The maximum Gasteiger partial charge on any atom is 0.326 e. The van der Waals surface area contributed by atoms with Crippen molar-refractivity contribution in [3.63, 3.8) is 0 Å². The summed E-state index contributed by atoms with van der Waals surface area (Å²) in [4.78, 5) is 67.2. The van der Waals surface area contributed by atoms with Crippen molar-refractivity contribution in [2.45, 2.75) is 69.1 Å². The van der Waals surface area contributed by atoms with E-state index < -0.39 is 47.9 Å². The summed E-state index contributed by atoms with van der Waals surface area (Å²) >= 11 is 0. The van der Waals surface area contributed by atoms with E-state index in [0.29, 0.717) is 37.9 Å². The van der Waals surface area contributed by atoms with Crippen LogP contribution in [-0.4, -0.2) is 99.4 Å². The van der Waals surface area contributed by atoms with Crippen molar-refractivity contribution in [3.8, 4) is 0 Å². The molecule has 17 nitrogen and oxygen atoms in total. The first-order valence-corrected chi connectivity index (χ1v) is 13.0. The van der Waals surface area contributed by atoms with Gasteiger partial charge in [-0.1, -0.05) is 0 Å². The molecule has 0 radical (unpaired) electrons. The number of imidazole rings is 1. The Morgan fingerprint density at radius 1 is 1.05 bits per heavy atom. The number of hydrogen-bond acceptors (Lipinski definition) is 8. The van der Waals surface area contributed by atoms with Gasteiger partial charge in [0.05, 0.1) is 12.4 Å². The normalized spacial score (nSPS) is 16.8. The summed E-state index contributed by atoms with van der Waals surface area (Å²) < 4.78 is 0. The van der Waals surface area contributed by atoms with Gasteiger partial charge in [-0.2, -0.15) is 0 Å². The predicted octanol–water partition coefficient (Wildman–Crippen LogP) is -3.57. The second-order valence-corrected chi connectivity index (χ2v) is 9.44. The number of carboxylic acid groups (broad SMARTS) is 1. The zero-order valence-corrected chi connectivity index (χ0v) is 22.3. The second-order valence-electron chi connectivity index (χ2n) is 9.44. The van der Waals surface area contributed by atoms with Crippen molar-refractivity contribution >= 4 is 35.6 Å². The van der Waals surface area contributed by atoms with Gasteiger partial charge in [0.1, 0.15) is 18.1 Å². The van der Waals surface area contributed by atoms with Gasteiger partial charge in [-0.05, 0) is 38.5 Å². The predicted molar refractivity (Wildman–Crippen MR) is 146 cm³/mol. The van der Waals surface area contributed by atoms with Gasteiger partial charge >= 0.3 is 5.97 Å². The minimum Gasteiger partial charge on any atom is -0.480 e. The monoisotopic (exact) mass is 564 g/mol. The van der Waals surface area contributed by atoms with E-state index in [-0.39, 0.29) is 44.3 Å². The van der Waals surface area contributed by atoms with Crippen molar-refractivity contribution in [2.24, 2.45) is 38.7 Å². The van der Waals surface area contributed by atoms with Crippen molar-refractivity contribution in [3.05, 3.63) is 18.2 Å². The summed E-state index contributed by atoms with van der Waals surface area (Å²) in [6.45, 7) is 0.774. The molecular weight excluding hydrogens is 524 g/mol. The number of aliphatic imine (C=N–C) groups is 2. The van der Waals surface area contributed by atoms with Gasteiger partial charge in [0.2, 0.25) is 17.7 Å². The van der Waals surface area contributed by atoms with E-state index in [1.165, 1.54) is 17.4 Å².